The van der Waals surface area contributed by atoms with Crippen molar-refractivity contribution in [3.05, 3.63) is 0 Å². The van der Waals surface area contributed by atoms with Crippen molar-refractivity contribution < 1.29 is 32.3 Å². The van der Waals surface area contributed by atoms with Crippen LogP contribution in [0.3, 0.4) is 0 Å². The predicted molar refractivity (Wildman–Crippen MR) is 131 cm³/mol. The number of carbonyl (C=O) groups is 4. The van der Waals surface area contributed by atoms with Gasteiger partial charge < -0.3 is 20.9 Å². The highest BCUT2D eigenvalue weighted by Crippen LogP contribution is 2.78. The van der Waals surface area contributed by atoms with Crippen LogP contribution in [0.1, 0.15) is 61.3 Å². The predicted octanol–water partition coefficient (Wildman–Crippen LogP) is 2.12. The molecular weight excluding hydrogens is 503 g/mol. The Morgan fingerprint density at radius 3 is 2.24 bits per heavy atom. The number of alkyl halides is 3. The van der Waals surface area contributed by atoms with Gasteiger partial charge in [0, 0.05) is 24.4 Å². The van der Waals surface area contributed by atoms with Crippen LogP contribution in [0.25, 0.3) is 0 Å². The molecule has 0 radical (unpaired) electrons. The summed E-state index contributed by atoms with van der Waals surface area (Å²) in [5.74, 6) is -4.37. The molecule has 4 amide bonds. The van der Waals surface area contributed by atoms with Crippen molar-refractivity contribution >= 4 is 23.6 Å². The van der Waals surface area contributed by atoms with Gasteiger partial charge in [-0.05, 0) is 35.5 Å². The SMILES string of the molecule is CC(C)[C@@]12[C@@H](C(=O)N[C@H](C#N)C[C@@H]3CCNC3=O)N(C(=O)[C@@H](NC(=O)C(F)(F)F)C(C)(C)C)C[C@H]1C2(C)C. The maximum Gasteiger partial charge on any atom is 0.471 e. The van der Waals surface area contributed by atoms with Crippen molar-refractivity contribution in [3.63, 3.8) is 0 Å². The molecular formula is C26H38F3N5O4. The van der Waals surface area contributed by atoms with Gasteiger partial charge in [0.05, 0.1) is 6.07 Å². The summed E-state index contributed by atoms with van der Waals surface area (Å²) >= 11 is 0. The fourth-order valence-corrected chi connectivity index (χ4v) is 7.04. The Labute approximate surface area is 221 Å². The van der Waals surface area contributed by atoms with Gasteiger partial charge in [0.1, 0.15) is 18.1 Å². The molecule has 0 unspecified atom stereocenters. The number of nitriles is 1. The summed E-state index contributed by atoms with van der Waals surface area (Å²) in [6.07, 6.45) is -4.53. The molecule has 12 heteroatoms. The minimum absolute atomic E-state index is 0.0740. The second-order valence-electron chi connectivity index (χ2n) is 12.7. The van der Waals surface area contributed by atoms with Gasteiger partial charge in [-0.25, -0.2) is 0 Å². The van der Waals surface area contributed by atoms with Gasteiger partial charge in [0.15, 0.2) is 0 Å². The molecule has 9 nitrogen and oxygen atoms in total. The van der Waals surface area contributed by atoms with E-state index in [9.17, 15) is 37.6 Å². The van der Waals surface area contributed by atoms with E-state index in [1.165, 1.54) is 4.90 Å². The van der Waals surface area contributed by atoms with Gasteiger partial charge in [-0.2, -0.15) is 18.4 Å². The largest absolute Gasteiger partial charge is 0.471 e. The first-order valence-electron chi connectivity index (χ1n) is 13.0. The molecule has 6 atom stereocenters. The molecule has 3 aliphatic rings. The third-order valence-electron chi connectivity index (χ3n) is 8.91. The lowest BCUT2D eigenvalue weighted by Crippen LogP contribution is -2.62. The first kappa shape index (κ1) is 29.7. The van der Waals surface area contributed by atoms with Crippen LogP contribution in [0.4, 0.5) is 13.2 Å². The van der Waals surface area contributed by atoms with Crippen molar-refractivity contribution in [2.24, 2.45) is 34.0 Å². The van der Waals surface area contributed by atoms with Gasteiger partial charge in [-0.3, -0.25) is 19.2 Å². The molecule has 3 N–H and O–H groups in total. The lowest BCUT2D eigenvalue weighted by molar-refractivity contribution is -0.176. The number of carbonyl (C=O) groups excluding carboxylic acids is 4. The van der Waals surface area contributed by atoms with Gasteiger partial charge in [0.2, 0.25) is 17.7 Å². The van der Waals surface area contributed by atoms with E-state index >= 15 is 0 Å². The molecule has 2 saturated heterocycles. The van der Waals surface area contributed by atoms with E-state index in [-0.39, 0.29) is 36.1 Å². The molecule has 2 aliphatic heterocycles. The number of piperidine rings is 1. The molecule has 38 heavy (non-hydrogen) atoms. The number of rotatable bonds is 7. The van der Waals surface area contributed by atoms with Crippen LogP contribution in [-0.2, 0) is 19.2 Å². The van der Waals surface area contributed by atoms with E-state index in [4.69, 9.17) is 0 Å². The molecule has 0 aromatic carbocycles. The number of nitrogens with zero attached hydrogens (tertiary/aromatic N) is 2. The van der Waals surface area contributed by atoms with E-state index in [0.717, 1.165) is 0 Å². The maximum atomic E-state index is 13.8. The van der Waals surface area contributed by atoms with E-state index in [0.29, 0.717) is 13.0 Å². The standard InChI is InChI=1S/C26H38F3N5O4/c1-13(2)25-16(24(25,6)7)12-34(21(37)17(23(3,4)5)33-22(38)26(27,28)29)18(25)20(36)32-15(11-30)10-14-8-9-31-19(14)35/h13-18H,8-10,12H2,1-7H3,(H,31,35)(H,32,36)(H,33,38)/t14-,15-,16-,17+,18+,25-/m0/s1. The number of fused-ring (bicyclic) bond motifs is 1. The Balaban J connectivity index is 1.95. The Hall–Kier alpha value is -2.84. The second-order valence-corrected chi connectivity index (χ2v) is 12.7. The smallest absolute Gasteiger partial charge is 0.356 e. The number of hydrogen-bond acceptors (Lipinski definition) is 5. The van der Waals surface area contributed by atoms with Gasteiger partial charge in [-0.15, -0.1) is 0 Å². The van der Waals surface area contributed by atoms with Crippen LogP contribution in [0.15, 0.2) is 0 Å². The number of nitrogens with one attached hydrogen (secondary N) is 3. The van der Waals surface area contributed by atoms with E-state index in [1.807, 2.05) is 39.1 Å². The lowest BCUT2D eigenvalue weighted by atomic mass is 9.77. The topological polar surface area (TPSA) is 131 Å². The van der Waals surface area contributed by atoms with Crippen molar-refractivity contribution in [2.75, 3.05) is 13.1 Å². The van der Waals surface area contributed by atoms with Crippen molar-refractivity contribution in [1.29, 1.82) is 5.26 Å². The van der Waals surface area contributed by atoms with Crippen LogP contribution in [-0.4, -0.2) is 65.9 Å². The van der Waals surface area contributed by atoms with Crippen LogP contribution < -0.4 is 16.0 Å². The van der Waals surface area contributed by atoms with Gasteiger partial charge in [0.25, 0.3) is 0 Å². The van der Waals surface area contributed by atoms with Gasteiger partial charge >= 0.3 is 12.1 Å². The average Bonchev–Trinajstić information content (AvgIpc) is 3.12. The minimum Gasteiger partial charge on any atom is -0.356 e. The number of likely N-dealkylation sites (tertiary alicyclic amines) is 1. The third kappa shape index (κ3) is 4.84. The maximum absolute atomic E-state index is 13.8. The van der Waals surface area contributed by atoms with Crippen molar-refractivity contribution in [1.82, 2.24) is 20.9 Å². The molecule has 2 heterocycles. The Morgan fingerprint density at radius 2 is 1.79 bits per heavy atom. The zero-order valence-corrected chi connectivity index (χ0v) is 23.0. The number of halogens is 3. The average molecular weight is 542 g/mol. The molecule has 0 aromatic rings. The summed E-state index contributed by atoms with van der Waals surface area (Å²) < 4.78 is 39.3. The van der Waals surface area contributed by atoms with Crippen molar-refractivity contribution in [2.45, 2.75) is 85.6 Å². The molecule has 1 aliphatic carbocycles. The Morgan fingerprint density at radius 1 is 1.18 bits per heavy atom. The van der Waals surface area contributed by atoms with Gasteiger partial charge in [-0.1, -0.05) is 48.5 Å². The molecule has 3 rings (SSSR count). The van der Waals surface area contributed by atoms with E-state index in [1.54, 1.807) is 20.8 Å². The normalized spacial score (nSPS) is 29.7. The first-order valence-corrected chi connectivity index (χ1v) is 13.0. The fourth-order valence-electron chi connectivity index (χ4n) is 7.04. The minimum atomic E-state index is -5.18. The highest BCUT2D eigenvalue weighted by atomic mass is 19.4. The first-order chi connectivity index (χ1) is 17.3. The van der Waals surface area contributed by atoms with Crippen LogP contribution in [0, 0.1) is 45.3 Å². The van der Waals surface area contributed by atoms with Crippen molar-refractivity contribution in [3.8, 4) is 6.07 Å². The summed E-state index contributed by atoms with van der Waals surface area (Å²) in [4.78, 5) is 52.8. The highest BCUT2D eigenvalue weighted by Gasteiger charge is 2.81. The fraction of sp³-hybridized carbons (Fsp3) is 0.808. The molecule has 0 bridgehead atoms. The summed E-state index contributed by atoms with van der Waals surface area (Å²) in [5, 5.41) is 17.0. The van der Waals surface area contributed by atoms with E-state index in [2.05, 4.69) is 10.6 Å². The zero-order valence-electron chi connectivity index (χ0n) is 23.0. The summed E-state index contributed by atoms with van der Waals surface area (Å²) in [5.41, 5.74) is -2.11. The lowest BCUT2D eigenvalue weighted by Gasteiger charge is -2.41. The quantitative estimate of drug-likeness (QED) is 0.455. The highest BCUT2D eigenvalue weighted by molar-refractivity contribution is 5.95. The Kier molecular flexibility index (Phi) is 7.60. The Bertz CT molecular complexity index is 1040. The number of hydrogen-bond donors (Lipinski definition) is 3. The summed E-state index contributed by atoms with van der Waals surface area (Å²) in [6.45, 7) is 13.1. The third-order valence-corrected chi connectivity index (χ3v) is 8.91. The summed E-state index contributed by atoms with van der Waals surface area (Å²) in [6, 6.07) is -1.55. The molecule has 0 spiro atoms. The van der Waals surface area contributed by atoms with E-state index < -0.39 is 58.8 Å². The zero-order chi connectivity index (χ0) is 29.0. The van der Waals surface area contributed by atoms with Crippen LogP contribution in [0.5, 0.6) is 0 Å². The summed E-state index contributed by atoms with van der Waals surface area (Å²) in [7, 11) is 0. The second kappa shape index (κ2) is 9.72. The molecule has 212 valence electrons. The molecule has 1 saturated carbocycles. The van der Waals surface area contributed by atoms with Crippen LogP contribution >= 0.6 is 0 Å². The molecule has 3 fully saturated rings. The van der Waals surface area contributed by atoms with Crippen LogP contribution in [0.2, 0.25) is 0 Å². The number of amides is 4. The molecule has 0 aromatic heterocycles. The monoisotopic (exact) mass is 541 g/mol.